The van der Waals surface area contributed by atoms with Crippen molar-refractivity contribution in [2.24, 2.45) is 0 Å². The van der Waals surface area contributed by atoms with E-state index in [1.165, 1.54) is 0 Å². The Hall–Kier alpha value is -1.30. The van der Waals surface area contributed by atoms with Gasteiger partial charge in [-0.1, -0.05) is 17.7 Å². The predicted molar refractivity (Wildman–Crippen MR) is 79.5 cm³/mol. The molecule has 0 spiro atoms. The standard InChI is InChI=1S/C15H20ClNO4/c1-11(21-13-6-3-5-12(16)9-13)14(18)17-10-15(2)19-7-4-8-20-15/h3,5-6,9,11H,4,7-8,10H2,1-2H3,(H,17,18)/t11-/m0/s1. The highest BCUT2D eigenvalue weighted by Gasteiger charge is 2.30. The zero-order chi connectivity index (χ0) is 15.3. The zero-order valence-corrected chi connectivity index (χ0v) is 13.0. The Bertz CT molecular complexity index is 488. The number of halogens is 1. The maximum Gasteiger partial charge on any atom is 0.260 e. The third-order valence-corrected chi connectivity index (χ3v) is 3.40. The first-order valence-corrected chi connectivity index (χ1v) is 7.34. The minimum Gasteiger partial charge on any atom is -0.481 e. The normalized spacial score (nSPS) is 18.8. The molecule has 1 fully saturated rings. The van der Waals surface area contributed by atoms with Crippen LogP contribution < -0.4 is 10.1 Å². The molecule has 0 aromatic heterocycles. The number of carbonyl (C=O) groups is 1. The number of carbonyl (C=O) groups excluding carboxylic acids is 1. The minimum absolute atomic E-state index is 0.228. The highest BCUT2D eigenvalue weighted by molar-refractivity contribution is 6.30. The topological polar surface area (TPSA) is 56.8 Å². The van der Waals surface area contributed by atoms with Gasteiger partial charge in [0.25, 0.3) is 5.91 Å². The summed E-state index contributed by atoms with van der Waals surface area (Å²) >= 11 is 5.88. The number of hydrogen-bond donors (Lipinski definition) is 1. The lowest BCUT2D eigenvalue weighted by Gasteiger charge is -2.34. The summed E-state index contributed by atoms with van der Waals surface area (Å²) in [6.45, 7) is 5.06. The second-order valence-corrected chi connectivity index (χ2v) is 5.56. The summed E-state index contributed by atoms with van der Waals surface area (Å²) in [5.41, 5.74) is 0. The van der Waals surface area contributed by atoms with Crippen LogP contribution in [0.2, 0.25) is 5.02 Å². The molecular weight excluding hydrogens is 294 g/mol. The average molecular weight is 314 g/mol. The Morgan fingerprint density at radius 2 is 2.19 bits per heavy atom. The van der Waals surface area contributed by atoms with E-state index in [0.29, 0.717) is 24.0 Å². The van der Waals surface area contributed by atoms with Gasteiger partial charge >= 0.3 is 0 Å². The molecule has 21 heavy (non-hydrogen) atoms. The molecule has 1 saturated heterocycles. The first kappa shape index (κ1) is 16.1. The van der Waals surface area contributed by atoms with Gasteiger partial charge in [-0.05, 0) is 38.5 Å². The second kappa shape index (κ2) is 7.11. The highest BCUT2D eigenvalue weighted by Crippen LogP contribution is 2.19. The van der Waals surface area contributed by atoms with Crippen molar-refractivity contribution in [3.63, 3.8) is 0 Å². The van der Waals surface area contributed by atoms with E-state index < -0.39 is 11.9 Å². The Kier molecular flexibility index (Phi) is 5.45. The van der Waals surface area contributed by atoms with E-state index in [4.69, 9.17) is 25.8 Å². The number of nitrogens with one attached hydrogen (secondary N) is 1. The van der Waals surface area contributed by atoms with Gasteiger partial charge in [-0.25, -0.2) is 0 Å². The Balaban J connectivity index is 1.82. The molecule has 0 unspecified atom stereocenters. The van der Waals surface area contributed by atoms with Crippen LogP contribution in [0.3, 0.4) is 0 Å². The van der Waals surface area contributed by atoms with Crippen molar-refractivity contribution in [1.82, 2.24) is 5.32 Å². The molecule has 0 radical (unpaired) electrons. The fourth-order valence-corrected chi connectivity index (χ4v) is 2.15. The van der Waals surface area contributed by atoms with E-state index in [1.54, 1.807) is 31.2 Å². The lowest BCUT2D eigenvalue weighted by atomic mass is 10.2. The Morgan fingerprint density at radius 1 is 1.48 bits per heavy atom. The van der Waals surface area contributed by atoms with Gasteiger partial charge in [-0.3, -0.25) is 4.79 Å². The van der Waals surface area contributed by atoms with E-state index in [9.17, 15) is 4.79 Å². The van der Waals surface area contributed by atoms with E-state index in [1.807, 2.05) is 6.92 Å². The van der Waals surface area contributed by atoms with Crippen molar-refractivity contribution in [2.75, 3.05) is 19.8 Å². The molecule has 0 aliphatic carbocycles. The molecule has 1 aliphatic rings. The Morgan fingerprint density at radius 3 is 2.86 bits per heavy atom. The van der Waals surface area contributed by atoms with Gasteiger partial charge < -0.3 is 19.5 Å². The average Bonchev–Trinajstić information content (AvgIpc) is 2.45. The molecule has 1 atom stereocenters. The molecule has 1 aromatic rings. The third-order valence-electron chi connectivity index (χ3n) is 3.17. The maximum atomic E-state index is 12.0. The number of amides is 1. The van der Waals surface area contributed by atoms with Gasteiger partial charge in [-0.15, -0.1) is 0 Å². The van der Waals surface area contributed by atoms with Crippen LogP contribution >= 0.6 is 11.6 Å². The van der Waals surface area contributed by atoms with Crippen LogP contribution in [0.15, 0.2) is 24.3 Å². The fourth-order valence-electron chi connectivity index (χ4n) is 1.97. The lowest BCUT2D eigenvalue weighted by Crippen LogP contribution is -2.49. The van der Waals surface area contributed by atoms with Crippen LogP contribution in [-0.4, -0.2) is 37.6 Å². The van der Waals surface area contributed by atoms with Gasteiger partial charge in [0.05, 0.1) is 19.8 Å². The number of rotatable bonds is 5. The van der Waals surface area contributed by atoms with E-state index in [-0.39, 0.29) is 12.5 Å². The summed E-state index contributed by atoms with van der Waals surface area (Å²) in [5.74, 6) is -0.431. The van der Waals surface area contributed by atoms with Gasteiger partial charge in [0.2, 0.25) is 0 Å². The van der Waals surface area contributed by atoms with Crippen molar-refractivity contribution >= 4 is 17.5 Å². The van der Waals surface area contributed by atoms with Gasteiger partial charge in [0.15, 0.2) is 11.9 Å². The molecule has 1 N–H and O–H groups in total. The summed E-state index contributed by atoms with van der Waals surface area (Å²) < 4.78 is 16.6. The van der Waals surface area contributed by atoms with E-state index in [2.05, 4.69) is 5.32 Å². The largest absolute Gasteiger partial charge is 0.481 e. The quantitative estimate of drug-likeness (QED) is 0.907. The molecule has 1 aliphatic heterocycles. The molecule has 6 heteroatoms. The fraction of sp³-hybridized carbons (Fsp3) is 0.533. The molecular formula is C15H20ClNO4. The molecule has 116 valence electrons. The number of benzene rings is 1. The van der Waals surface area contributed by atoms with Crippen molar-refractivity contribution < 1.29 is 19.0 Å². The lowest BCUT2D eigenvalue weighted by molar-refractivity contribution is -0.252. The first-order valence-electron chi connectivity index (χ1n) is 6.96. The van der Waals surface area contributed by atoms with Gasteiger partial charge in [0, 0.05) is 5.02 Å². The number of ether oxygens (including phenoxy) is 3. The van der Waals surface area contributed by atoms with E-state index in [0.717, 1.165) is 6.42 Å². The van der Waals surface area contributed by atoms with Crippen molar-refractivity contribution in [1.29, 1.82) is 0 Å². The van der Waals surface area contributed by atoms with Crippen molar-refractivity contribution in [3.05, 3.63) is 29.3 Å². The molecule has 1 heterocycles. The van der Waals surface area contributed by atoms with Crippen LogP contribution in [0.1, 0.15) is 20.3 Å². The van der Waals surface area contributed by atoms with Gasteiger partial charge in [0.1, 0.15) is 5.75 Å². The van der Waals surface area contributed by atoms with Crippen molar-refractivity contribution in [2.45, 2.75) is 32.2 Å². The van der Waals surface area contributed by atoms with Crippen molar-refractivity contribution in [3.8, 4) is 5.75 Å². The SMILES string of the molecule is C[C@H](Oc1cccc(Cl)c1)C(=O)NCC1(C)OCCCO1. The maximum absolute atomic E-state index is 12.0. The predicted octanol–water partition coefficient (Wildman–Crippen LogP) is 2.38. The second-order valence-electron chi connectivity index (χ2n) is 5.12. The third kappa shape index (κ3) is 4.88. The summed E-state index contributed by atoms with van der Waals surface area (Å²) in [6, 6.07) is 6.94. The summed E-state index contributed by atoms with van der Waals surface area (Å²) in [4.78, 5) is 12.0. The van der Waals surface area contributed by atoms with Crippen LogP contribution in [0, 0.1) is 0 Å². The molecule has 5 nitrogen and oxygen atoms in total. The summed E-state index contributed by atoms with van der Waals surface area (Å²) in [5, 5.41) is 3.35. The highest BCUT2D eigenvalue weighted by atomic mass is 35.5. The molecule has 0 bridgehead atoms. The molecule has 2 rings (SSSR count). The molecule has 1 aromatic carbocycles. The van der Waals surface area contributed by atoms with Crippen LogP contribution in [0.25, 0.3) is 0 Å². The summed E-state index contributed by atoms with van der Waals surface area (Å²) in [6.07, 6.45) is 0.244. The Labute approximate surface area is 129 Å². The summed E-state index contributed by atoms with van der Waals surface area (Å²) in [7, 11) is 0. The molecule has 1 amide bonds. The first-order chi connectivity index (χ1) is 9.98. The van der Waals surface area contributed by atoms with Gasteiger partial charge in [-0.2, -0.15) is 0 Å². The zero-order valence-electron chi connectivity index (χ0n) is 12.2. The van der Waals surface area contributed by atoms with E-state index >= 15 is 0 Å². The van der Waals surface area contributed by atoms with Crippen LogP contribution in [0.4, 0.5) is 0 Å². The minimum atomic E-state index is -0.760. The van der Waals surface area contributed by atoms with Crippen LogP contribution in [0.5, 0.6) is 5.75 Å². The smallest absolute Gasteiger partial charge is 0.260 e. The molecule has 0 saturated carbocycles. The monoisotopic (exact) mass is 313 g/mol. The van der Waals surface area contributed by atoms with Crippen LogP contribution in [-0.2, 0) is 14.3 Å². The number of hydrogen-bond acceptors (Lipinski definition) is 4.